The molecule has 2 fully saturated rings. The fraction of sp³-hybridized carbons (Fsp3) is 0.833. The highest BCUT2D eigenvalue weighted by Crippen LogP contribution is 2.63. The van der Waals surface area contributed by atoms with Crippen LogP contribution in [-0.2, 0) is 4.79 Å². The minimum atomic E-state index is 0.256. The van der Waals surface area contributed by atoms with Crippen molar-refractivity contribution in [2.24, 2.45) is 0 Å². The maximum atomic E-state index is 10.7. The van der Waals surface area contributed by atoms with E-state index in [1.165, 1.54) is 0 Å². The van der Waals surface area contributed by atoms with Gasteiger partial charge in [-0.05, 0) is 5.66 Å². The van der Waals surface area contributed by atoms with Crippen molar-refractivity contribution < 1.29 is 4.79 Å². The van der Waals surface area contributed by atoms with E-state index in [0.717, 1.165) is 27.2 Å². The van der Waals surface area contributed by atoms with Crippen LogP contribution in [0.25, 0.3) is 0 Å². The second-order valence-corrected chi connectivity index (χ2v) is 5.13. The van der Waals surface area contributed by atoms with Gasteiger partial charge in [-0.25, -0.2) is 0 Å². The van der Waals surface area contributed by atoms with Crippen LogP contribution >= 0.6 is 8.58 Å². The average molecular weight is 143 g/mol. The van der Waals surface area contributed by atoms with Crippen molar-refractivity contribution in [3.63, 3.8) is 0 Å². The summed E-state index contributed by atoms with van der Waals surface area (Å²) in [5.41, 5.74) is 0.816. The SMILES string of the molecule is CC1PC12CNC(=O)C2. The summed E-state index contributed by atoms with van der Waals surface area (Å²) in [5, 5.41) is 3.31. The van der Waals surface area contributed by atoms with E-state index >= 15 is 0 Å². The summed E-state index contributed by atoms with van der Waals surface area (Å²) in [7, 11) is 1.03. The highest BCUT2D eigenvalue weighted by molar-refractivity contribution is 7.50. The molecule has 1 amide bonds. The van der Waals surface area contributed by atoms with Gasteiger partial charge in [0.25, 0.3) is 0 Å². The van der Waals surface area contributed by atoms with E-state index < -0.39 is 0 Å². The molecule has 50 valence electrons. The van der Waals surface area contributed by atoms with Gasteiger partial charge in [-0.1, -0.05) is 6.92 Å². The normalized spacial score (nSPS) is 50.3. The first-order valence-corrected chi connectivity index (χ1v) is 4.35. The fourth-order valence-corrected chi connectivity index (χ4v) is 2.90. The Kier molecular flexibility index (Phi) is 0.937. The van der Waals surface area contributed by atoms with E-state index in [2.05, 4.69) is 12.2 Å². The smallest absolute Gasteiger partial charge is 0.221 e. The van der Waals surface area contributed by atoms with Gasteiger partial charge < -0.3 is 5.32 Å². The summed E-state index contributed by atoms with van der Waals surface area (Å²) in [5.74, 6) is 0.256. The predicted octanol–water partition coefficient (Wildman–Crippen LogP) is 0.326. The van der Waals surface area contributed by atoms with Crippen LogP contribution in [0.4, 0.5) is 0 Å². The molecule has 0 saturated carbocycles. The van der Waals surface area contributed by atoms with Gasteiger partial charge >= 0.3 is 0 Å². The zero-order chi connectivity index (χ0) is 6.48. The Bertz CT molecular complexity index is 170. The van der Waals surface area contributed by atoms with Crippen molar-refractivity contribution in [3.05, 3.63) is 0 Å². The lowest BCUT2D eigenvalue weighted by Crippen LogP contribution is -2.17. The monoisotopic (exact) mass is 143 g/mol. The van der Waals surface area contributed by atoms with Crippen molar-refractivity contribution in [1.82, 2.24) is 5.32 Å². The molecule has 0 aromatic rings. The first-order valence-electron chi connectivity index (χ1n) is 3.27. The average Bonchev–Trinajstić information content (AvgIpc) is 2.17. The lowest BCUT2D eigenvalue weighted by Gasteiger charge is -1.98. The maximum absolute atomic E-state index is 10.7. The zero-order valence-corrected chi connectivity index (χ0v) is 6.40. The molecule has 3 unspecified atom stereocenters. The van der Waals surface area contributed by atoms with Crippen LogP contribution in [0.2, 0.25) is 0 Å². The van der Waals surface area contributed by atoms with E-state index in [4.69, 9.17) is 0 Å². The van der Waals surface area contributed by atoms with Crippen molar-refractivity contribution in [2.75, 3.05) is 6.54 Å². The minimum Gasteiger partial charge on any atom is -0.355 e. The number of hydrogen-bond acceptors (Lipinski definition) is 1. The molecule has 2 heterocycles. The van der Waals surface area contributed by atoms with E-state index in [1.54, 1.807) is 0 Å². The molecule has 2 rings (SSSR count). The largest absolute Gasteiger partial charge is 0.355 e. The molecule has 9 heavy (non-hydrogen) atoms. The molecule has 0 aliphatic carbocycles. The standard InChI is InChI=1S/C6H10NOP/c1-4-6(9-4)2-5(8)7-3-6/h4,9H,2-3H2,1H3,(H,7,8). The predicted molar refractivity (Wildman–Crippen MR) is 38.1 cm³/mol. The van der Waals surface area contributed by atoms with Crippen molar-refractivity contribution >= 4 is 14.5 Å². The molecular weight excluding hydrogens is 133 g/mol. The van der Waals surface area contributed by atoms with Gasteiger partial charge in [0.2, 0.25) is 5.91 Å². The molecule has 2 aliphatic heterocycles. The Morgan fingerprint density at radius 1 is 1.89 bits per heavy atom. The Morgan fingerprint density at radius 2 is 2.56 bits per heavy atom. The molecule has 0 aromatic heterocycles. The van der Waals surface area contributed by atoms with Crippen molar-refractivity contribution in [2.45, 2.75) is 24.2 Å². The number of carbonyl (C=O) groups is 1. The van der Waals surface area contributed by atoms with Gasteiger partial charge in [-0.3, -0.25) is 4.79 Å². The molecule has 0 aromatic carbocycles. The lowest BCUT2D eigenvalue weighted by molar-refractivity contribution is -0.119. The molecule has 2 aliphatic rings. The van der Waals surface area contributed by atoms with E-state index in [0.29, 0.717) is 5.16 Å². The fourth-order valence-electron chi connectivity index (χ4n) is 1.47. The highest BCUT2D eigenvalue weighted by Gasteiger charge is 2.55. The molecule has 2 saturated heterocycles. The number of amides is 1. The molecule has 1 N–H and O–H groups in total. The molecule has 2 nitrogen and oxygen atoms in total. The Morgan fingerprint density at radius 3 is 2.78 bits per heavy atom. The summed E-state index contributed by atoms with van der Waals surface area (Å²) >= 11 is 0. The zero-order valence-electron chi connectivity index (χ0n) is 5.40. The summed E-state index contributed by atoms with van der Waals surface area (Å²) in [6.07, 6.45) is 0.798. The summed E-state index contributed by atoms with van der Waals surface area (Å²) in [4.78, 5) is 10.7. The van der Waals surface area contributed by atoms with E-state index in [1.807, 2.05) is 0 Å². The third-order valence-corrected chi connectivity index (χ3v) is 4.36. The number of hydrogen-bond donors (Lipinski definition) is 1. The Balaban J connectivity index is 2.11. The van der Waals surface area contributed by atoms with Gasteiger partial charge in [0, 0.05) is 18.1 Å². The third kappa shape index (κ3) is 0.694. The van der Waals surface area contributed by atoms with Gasteiger partial charge in [-0.2, -0.15) is 0 Å². The van der Waals surface area contributed by atoms with Crippen LogP contribution in [-0.4, -0.2) is 23.3 Å². The molecule has 3 heteroatoms. The van der Waals surface area contributed by atoms with Crippen molar-refractivity contribution in [1.29, 1.82) is 0 Å². The Labute approximate surface area is 56.2 Å². The summed E-state index contributed by atoms with van der Waals surface area (Å²) in [6, 6.07) is 0. The number of nitrogens with one attached hydrogen (secondary N) is 1. The highest BCUT2D eigenvalue weighted by atomic mass is 31.1. The van der Waals surface area contributed by atoms with Gasteiger partial charge in [0.1, 0.15) is 0 Å². The lowest BCUT2D eigenvalue weighted by atomic mass is 10.1. The van der Waals surface area contributed by atoms with Gasteiger partial charge in [-0.15, -0.1) is 8.58 Å². The number of carbonyl (C=O) groups excluding carboxylic acids is 1. The van der Waals surface area contributed by atoms with Crippen LogP contribution in [0.15, 0.2) is 0 Å². The maximum Gasteiger partial charge on any atom is 0.221 e. The topological polar surface area (TPSA) is 29.1 Å². The van der Waals surface area contributed by atoms with Crippen LogP contribution < -0.4 is 5.32 Å². The third-order valence-electron chi connectivity index (χ3n) is 2.33. The van der Waals surface area contributed by atoms with E-state index in [-0.39, 0.29) is 5.91 Å². The van der Waals surface area contributed by atoms with Crippen molar-refractivity contribution in [3.8, 4) is 0 Å². The summed E-state index contributed by atoms with van der Waals surface area (Å²) in [6.45, 7) is 3.18. The molecule has 0 bridgehead atoms. The quantitative estimate of drug-likeness (QED) is 0.486. The second kappa shape index (κ2) is 1.49. The van der Waals surface area contributed by atoms with Crippen LogP contribution in [0.5, 0.6) is 0 Å². The number of rotatable bonds is 0. The first-order chi connectivity index (χ1) is 4.23. The molecule has 1 spiro atoms. The molecule has 0 radical (unpaired) electrons. The van der Waals surface area contributed by atoms with Gasteiger partial charge in [0.05, 0.1) is 0 Å². The van der Waals surface area contributed by atoms with Crippen LogP contribution in [0.1, 0.15) is 13.3 Å². The van der Waals surface area contributed by atoms with E-state index in [9.17, 15) is 4.79 Å². The molecular formula is C6H10NOP. The van der Waals surface area contributed by atoms with Crippen LogP contribution in [0, 0.1) is 0 Å². The van der Waals surface area contributed by atoms with Gasteiger partial charge in [0.15, 0.2) is 0 Å². The first kappa shape index (κ1) is 5.67. The minimum absolute atomic E-state index is 0.256. The second-order valence-electron chi connectivity index (χ2n) is 2.98. The Hall–Kier alpha value is -0.100. The van der Waals surface area contributed by atoms with Crippen LogP contribution in [0.3, 0.4) is 0 Å². The molecule has 3 atom stereocenters. The summed E-state index contributed by atoms with van der Waals surface area (Å²) < 4.78 is 0.